The minimum Gasteiger partial charge on any atom is -0.330 e. The number of aromatic nitrogens is 3. The normalized spacial score (nSPS) is 12.1. The van der Waals surface area contributed by atoms with Crippen LogP contribution in [0.15, 0.2) is 83.7 Å². The molecular formula is C31H37N5O2. The second-order valence-electron chi connectivity index (χ2n) is 10.2. The van der Waals surface area contributed by atoms with Crippen LogP contribution in [0, 0.1) is 19.8 Å². The van der Waals surface area contributed by atoms with Crippen molar-refractivity contribution in [2.24, 2.45) is 11.7 Å². The zero-order chi connectivity index (χ0) is 27.2. The van der Waals surface area contributed by atoms with Gasteiger partial charge in [0.05, 0.1) is 18.3 Å². The quantitative estimate of drug-likeness (QED) is 0.329. The number of amides is 1. The Hall–Kier alpha value is -3.97. The fourth-order valence-electron chi connectivity index (χ4n) is 4.69. The van der Waals surface area contributed by atoms with Gasteiger partial charge in [-0.2, -0.15) is 4.68 Å². The van der Waals surface area contributed by atoms with Gasteiger partial charge in [0, 0.05) is 12.1 Å². The van der Waals surface area contributed by atoms with E-state index in [1.165, 1.54) is 4.68 Å². The van der Waals surface area contributed by atoms with Crippen molar-refractivity contribution in [3.63, 3.8) is 0 Å². The maximum Gasteiger partial charge on any atom is 0.351 e. The standard InChI is InChI=1S/C31H37N5O2/c1-22(2)28(34(20-8-19-32)30(37)26-15-11-23(3)12-16-26)29-33-36(27-17-13-24(4)14-18-27)31(38)35(29)21-25-9-6-5-7-10-25/h5-7,9-18,22,28H,8,19-21,32H2,1-4H3. The first kappa shape index (κ1) is 27.1. The van der Waals surface area contributed by atoms with Crippen molar-refractivity contribution in [1.82, 2.24) is 19.2 Å². The molecule has 0 spiro atoms. The molecule has 2 N–H and O–H groups in total. The van der Waals surface area contributed by atoms with Crippen LogP contribution in [-0.2, 0) is 6.54 Å². The Labute approximate surface area is 224 Å². The van der Waals surface area contributed by atoms with Crippen LogP contribution in [0.3, 0.4) is 0 Å². The highest BCUT2D eigenvalue weighted by molar-refractivity contribution is 5.94. The van der Waals surface area contributed by atoms with Crippen molar-refractivity contribution in [2.45, 2.75) is 46.7 Å². The highest BCUT2D eigenvalue weighted by Gasteiger charge is 2.34. The molecule has 0 aliphatic rings. The van der Waals surface area contributed by atoms with Crippen LogP contribution in [0.5, 0.6) is 0 Å². The number of hydrogen-bond donors (Lipinski definition) is 1. The molecule has 0 aliphatic heterocycles. The predicted octanol–water partition coefficient (Wildman–Crippen LogP) is 4.89. The van der Waals surface area contributed by atoms with Crippen LogP contribution < -0.4 is 11.4 Å². The number of nitrogens with zero attached hydrogens (tertiary/aromatic N) is 4. The van der Waals surface area contributed by atoms with E-state index in [1.807, 2.05) is 97.6 Å². The molecule has 0 saturated heterocycles. The molecule has 1 atom stereocenters. The molecule has 4 aromatic rings. The largest absolute Gasteiger partial charge is 0.351 e. The summed E-state index contributed by atoms with van der Waals surface area (Å²) >= 11 is 0. The molecule has 38 heavy (non-hydrogen) atoms. The van der Waals surface area contributed by atoms with Gasteiger partial charge in [-0.1, -0.05) is 79.6 Å². The highest BCUT2D eigenvalue weighted by Crippen LogP contribution is 2.30. The lowest BCUT2D eigenvalue weighted by atomic mass is 9.99. The second-order valence-corrected chi connectivity index (χ2v) is 10.2. The van der Waals surface area contributed by atoms with Crippen LogP contribution in [0.2, 0.25) is 0 Å². The predicted molar refractivity (Wildman–Crippen MR) is 152 cm³/mol. The highest BCUT2D eigenvalue weighted by atomic mass is 16.2. The van der Waals surface area contributed by atoms with E-state index >= 15 is 0 Å². The van der Waals surface area contributed by atoms with E-state index in [0.29, 0.717) is 43.1 Å². The third-order valence-corrected chi connectivity index (χ3v) is 6.75. The molecule has 0 saturated carbocycles. The van der Waals surface area contributed by atoms with Crippen molar-refractivity contribution >= 4 is 5.91 Å². The molecule has 1 aromatic heterocycles. The molecule has 0 fully saturated rings. The lowest BCUT2D eigenvalue weighted by Gasteiger charge is -2.34. The van der Waals surface area contributed by atoms with Crippen LogP contribution in [0.1, 0.15) is 59.2 Å². The molecule has 3 aromatic carbocycles. The summed E-state index contributed by atoms with van der Waals surface area (Å²) in [6, 6.07) is 24.7. The van der Waals surface area contributed by atoms with Gasteiger partial charge in [-0.05, 0) is 62.6 Å². The molecule has 0 bridgehead atoms. The third kappa shape index (κ3) is 5.94. The maximum absolute atomic E-state index is 13.9. The Kier molecular flexibility index (Phi) is 8.59. The average Bonchev–Trinajstić information content (AvgIpc) is 3.22. The fourth-order valence-corrected chi connectivity index (χ4v) is 4.69. The summed E-state index contributed by atoms with van der Waals surface area (Å²) in [5, 5.41) is 4.89. The molecule has 7 heteroatoms. The first-order valence-electron chi connectivity index (χ1n) is 13.2. The average molecular weight is 512 g/mol. The molecule has 0 radical (unpaired) electrons. The van der Waals surface area contributed by atoms with E-state index in [2.05, 4.69) is 13.8 Å². The Balaban J connectivity index is 1.87. The minimum atomic E-state index is -0.432. The summed E-state index contributed by atoms with van der Waals surface area (Å²) in [6.45, 7) is 9.40. The molecule has 1 heterocycles. The van der Waals surface area contributed by atoms with Crippen molar-refractivity contribution in [3.05, 3.63) is 117 Å². The fraction of sp³-hybridized carbons (Fsp3) is 0.323. The Morgan fingerprint density at radius 3 is 2.11 bits per heavy atom. The van der Waals surface area contributed by atoms with Crippen molar-refractivity contribution in [2.75, 3.05) is 13.1 Å². The lowest BCUT2D eigenvalue weighted by molar-refractivity contribution is 0.0603. The first-order chi connectivity index (χ1) is 18.3. The van der Waals surface area contributed by atoms with E-state index in [0.717, 1.165) is 16.7 Å². The van der Waals surface area contributed by atoms with Crippen LogP contribution in [0.25, 0.3) is 5.69 Å². The van der Waals surface area contributed by atoms with Gasteiger partial charge >= 0.3 is 5.69 Å². The van der Waals surface area contributed by atoms with E-state index in [1.54, 1.807) is 4.57 Å². The Morgan fingerprint density at radius 1 is 0.921 bits per heavy atom. The molecule has 4 rings (SSSR count). The van der Waals surface area contributed by atoms with Gasteiger partial charge in [-0.25, -0.2) is 4.79 Å². The van der Waals surface area contributed by atoms with Crippen LogP contribution >= 0.6 is 0 Å². The lowest BCUT2D eigenvalue weighted by Crippen LogP contribution is -2.40. The monoisotopic (exact) mass is 511 g/mol. The van der Waals surface area contributed by atoms with E-state index in [-0.39, 0.29) is 17.5 Å². The summed E-state index contributed by atoms with van der Waals surface area (Å²) in [7, 11) is 0. The van der Waals surface area contributed by atoms with E-state index in [9.17, 15) is 9.59 Å². The smallest absolute Gasteiger partial charge is 0.330 e. The van der Waals surface area contributed by atoms with Gasteiger partial charge in [0.1, 0.15) is 0 Å². The van der Waals surface area contributed by atoms with Crippen molar-refractivity contribution in [1.29, 1.82) is 0 Å². The van der Waals surface area contributed by atoms with Crippen LogP contribution in [-0.4, -0.2) is 38.2 Å². The van der Waals surface area contributed by atoms with E-state index in [4.69, 9.17) is 10.8 Å². The molecule has 7 nitrogen and oxygen atoms in total. The number of rotatable bonds is 10. The Morgan fingerprint density at radius 2 is 1.53 bits per heavy atom. The number of carbonyl (C=O) groups is 1. The summed E-state index contributed by atoms with van der Waals surface area (Å²) in [5.41, 5.74) is 10.1. The van der Waals surface area contributed by atoms with Gasteiger partial charge in [-0.15, -0.1) is 5.10 Å². The summed E-state index contributed by atoms with van der Waals surface area (Å²) in [6.07, 6.45) is 0.641. The maximum atomic E-state index is 13.9. The topological polar surface area (TPSA) is 86.2 Å². The third-order valence-electron chi connectivity index (χ3n) is 6.75. The van der Waals surface area contributed by atoms with Crippen molar-refractivity contribution in [3.8, 4) is 5.69 Å². The number of carbonyl (C=O) groups excluding carboxylic acids is 1. The minimum absolute atomic E-state index is 0.00929. The zero-order valence-electron chi connectivity index (χ0n) is 22.7. The summed E-state index contributed by atoms with van der Waals surface area (Å²) in [5.74, 6) is 0.456. The molecule has 1 unspecified atom stereocenters. The number of hydrogen-bond acceptors (Lipinski definition) is 4. The zero-order valence-corrected chi connectivity index (χ0v) is 22.7. The van der Waals surface area contributed by atoms with Gasteiger partial charge in [0.25, 0.3) is 5.91 Å². The second kappa shape index (κ2) is 12.0. The van der Waals surface area contributed by atoms with Crippen LogP contribution in [0.4, 0.5) is 0 Å². The van der Waals surface area contributed by atoms with E-state index < -0.39 is 6.04 Å². The SMILES string of the molecule is Cc1ccc(C(=O)N(CCCN)C(c2nn(-c3ccc(C)cc3)c(=O)n2Cc2ccccc2)C(C)C)cc1. The number of nitrogens with two attached hydrogens (primary N) is 1. The van der Waals surface area contributed by atoms with Gasteiger partial charge in [0.2, 0.25) is 0 Å². The summed E-state index contributed by atoms with van der Waals surface area (Å²) in [4.78, 5) is 29.6. The summed E-state index contributed by atoms with van der Waals surface area (Å²) < 4.78 is 3.16. The number of benzene rings is 3. The van der Waals surface area contributed by atoms with Gasteiger partial charge in [0.15, 0.2) is 5.82 Å². The molecule has 1 amide bonds. The molecule has 198 valence electrons. The number of aryl methyl sites for hydroxylation is 2. The van der Waals surface area contributed by atoms with Crippen molar-refractivity contribution < 1.29 is 4.79 Å². The Bertz CT molecular complexity index is 1400. The molecular weight excluding hydrogens is 474 g/mol. The first-order valence-corrected chi connectivity index (χ1v) is 13.2. The van der Waals surface area contributed by atoms with Gasteiger partial charge < -0.3 is 10.6 Å². The molecule has 0 aliphatic carbocycles. The van der Waals surface area contributed by atoms with Gasteiger partial charge in [-0.3, -0.25) is 9.36 Å².